The number of nitrogens with zero attached hydrogens (tertiary/aromatic N) is 2. The molecule has 2 aromatic carbocycles. The monoisotopic (exact) mass is 446 g/mol. The molecule has 0 spiro atoms. The van der Waals surface area contributed by atoms with Gasteiger partial charge in [-0.1, -0.05) is 73.0 Å². The highest BCUT2D eigenvalue weighted by molar-refractivity contribution is 6.32. The van der Waals surface area contributed by atoms with Crippen molar-refractivity contribution in [1.82, 2.24) is 0 Å². The third-order valence-corrected chi connectivity index (χ3v) is 5.43. The van der Waals surface area contributed by atoms with E-state index in [9.17, 15) is 0 Å². The van der Waals surface area contributed by atoms with Gasteiger partial charge >= 0.3 is 0 Å². The number of unbranched alkanes of at least 4 members (excludes halogenated alkanes) is 1. The lowest BCUT2D eigenvalue weighted by Crippen LogP contribution is -2.09. The van der Waals surface area contributed by atoms with Crippen LogP contribution in [0.15, 0.2) is 54.6 Å². The highest BCUT2D eigenvalue weighted by Gasteiger charge is 2.13. The highest BCUT2D eigenvalue weighted by atomic mass is 35.5. The van der Waals surface area contributed by atoms with Gasteiger partial charge in [0.25, 0.3) is 0 Å². The van der Waals surface area contributed by atoms with Crippen molar-refractivity contribution < 1.29 is 4.74 Å². The number of allylic oxidation sites excluding steroid dienone is 2. The molecule has 0 saturated carbocycles. The van der Waals surface area contributed by atoms with Crippen molar-refractivity contribution in [3.05, 3.63) is 75.8 Å². The normalized spacial score (nSPS) is 12.6. The minimum atomic E-state index is -0.198. The maximum atomic E-state index is 6.57. The Morgan fingerprint density at radius 3 is 2.10 bits per heavy atom. The van der Waals surface area contributed by atoms with Gasteiger partial charge in [-0.05, 0) is 36.2 Å². The van der Waals surface area contributed by atoms with Crippen LogP contribution in [0.4, 0.5) is 11.4 Å². The third kappa shape index (κ3) is 7.09. The summed E-state index contributed by atoms with van der Waals surface area (Å²) in [6, 6.07) is 12.1. The molecular weight excluding hydrogens is 415 g/mol. The molecular formula is C25H32Cl2N2O. The molecule has 1 atom stereocenters. The summed E-state index contributed by atoms with van der Waals surface area (Å²) < 4.78 is 6.12. The lowest BCUT2D eigenvalue weighted by atomic mass is 10.1. The van der Waals surface area contributed by atoms with Crippen LogP contribution >= 0.6 is 23.2 Å². The van der Waals surface area contributed by atoms with Crippen molar-refractivity contribution in [3.8, 4) is 0 Å². The zero-order valence-electron chi connectivity index (χ0n) is 18.5. The molecule has 1 unspecified atom stereocenters. The maximum absolute atomic E-state index is 6.57. The van der Waals surface area contributed by atoms with Crippen LogP contribution in [0.5, 0.6) is 0 Å². The van der Waals surface area contributed by atoms with Gasteiger partial charge in [-0.3, -0.25) is 0 Å². The van der Waals surface area contributed by atoms with Crippen LogP contribution in [-0.4, -0.2) is 34.8 Å². The second kappa shape index (κ2) is 12.0. The van der Waals surface area contributed by atoms with Gasteiger partial charge in [-0.25, -0.2) is 0 Å². The molecule has 0 heterocycles. The van der Waals surface area contributed by atoms with E-state index in [1.165, 1.54) is 0 Å². The number of anilines is 2. The molecule has 0 fully saturated rings. The quantitative estimate of drug-likeness (QED) is 0.282. The summed E-state index contributed by atoms with van der Waals surface area (Å²) in [7, 11) is 8.00. The van der Waals surface area contributed by atoms with Gasteiger partial charge in [-0.2, -0.15) is 0 Å². The van der Waals surface area contributed by atoms with Gasteiger partial charge < -0.3 is 14.5 Å². The summed E-state index contributed by atoms with van der Waals surface area (Å²) in [5.74, 6) is 0. The van der Waals surface area contributed by atoms with Crippen LogP contribution in [0, 0.1) is 0 Å². The Kier molecular flexibility index (Phi) is 9.77. The minimum absolute atomic E-state index is 0.198. The smallest absolute Gasteiger partial charge is 0.102 e. The van der Waals surface area contributed by atoms with Crippen LogP contribution in [0.3, 0.4) is 0 Å². The second-order valence-corrected chi connectivity index (χ2v) is 8.40. The summed E-state index contributed by atoms with van der Waals surface area (Å²) >= 11 is 13.0. The topological polar surface area (TPSA) is 15.7 Å². The van der Waals surface area contributed by atoms with Crippen molar-refractivity contribution in [2.75, 3.05) is 44.6 Å². The van der Waals surface area contributed by atoms with Gasteiger partial charge in [-0.15, -0.1) is 0 Å². The Balaban J connectivity index is 2.18. The fourth-order valence-corrected chi connectivity index (χ4v) is 3.40. The highest BCUT2D eigenvalue weighted by Crippen LogP contribution is 2.30. The van der Waals surface area contributed by atoms with E-state index in [2.05, 4.69) is 19.1 Å². The predicted molar refractivity (Wildman–Crippen MR) is 133 cm³/mol. The van der Waals surface area contributed by atoms with Crippen molar-refractivity contribution >= 4 is 40.7 Å². The molecule has 0 saturated heterocycles. The van der Waals surface area contributed by atoms with Crippen LogP contribution in [0.2, 0.25) is 10.0 Å². The molecule has 30 heavy (non-hydrogen) atoms. The average Bonchev–Trinajstić information content (AvgIpc) is 2.70. The Labute approximate surface area is 191 Å². The van der Waals surface area contributed by atoms with Crippen molar-refractivity contribution in [2.24, 2.45) is 0 Å². The molecule has 0 aliphatic heterocycles. The average molecular weight is 447 g/mol. The summed E-state index contributed by atoms with van der Waals surface area (Å²) in [4.78, 5) is 4.06. The molecule has 3 nitrogen and oxygen atoms in total. The number of ether oxygens (including phenoxy) is 1. The lowest BCUT2D eigenvalue weighted by molar-refractivity contribution is 0.0830. The second-order valence-electron chi connectivity index (χ2n) is 7.59. The largest absolute Gasteiger partial charge is 0.378 e. The SMILES string of the molecule is CCCCOC(C=CC=Cc1ccc(N(C)C)cc1Cl)c1ccc(N(C)C)cc1Cl. The summed E-state index contributed by atoms with van der Waals surface area (Å²) in [5.41, 5.74) is 4.09. The number of hydrogen-bond acceptors (Lipinski definition) is 3. The third-order valence-electron chi connectivity index (χ3n) is 4.78. The molecule has 0 aliphatic carbocycles. The Morgan fingerprint density at radius 1 is 0.900 bits per heavy atom. The zero-order chi connectivity index (χ0) is 22.1. The molecule has 2 aromatic rings. The van der Waals surface area contributed by atoms with E-state index in [-0.39, 0.29) is 6.10 Å². The first-order valence-electron chi connectivity index (χ1n) is 10.2. The molecule has 0 N–H and O–H groups in total. The van der Waals surface area contributed by atoms with Crippen molar-refractivity contribution in [3.63, 3.8) is 0 Å². The Morgan fingerprint density at radius 2 is 1.53 bits per heavy atom. The van der Waals surface area contributed by atoms with Gasteiger partial charge in [0.15, 0.2) is 0 Å². The number of rotatable bonds is 10. The number of hydrogen-bond donors (Lipinski definition) is 0. The summed E-state index contributed by atoms with van der Waals surface area (Å²) in [5, 5.41) is 1.43. The molecule has 5 heteroatoms. The van der Waals surface area contributed by atoms with E-state index in [1.54, 1.807) is 0 Å². The first-order valence-corrected chi connectivity index (χ1v) is 11.0. The molecule has 2 rings (SSSR count). The van der Waals surface area contributed by atoms with Crippen LogP contribution < -0.4 is 9.80 Å². The lowest BCUT2D eigenvalue weighted by Gasteiger charge is -2.19. The van der Waals surface area contributed by atoms with E-state index in [0.29, 0.717) is 11.6 Å². The molecule has 0 bridgehead atoms. The van der Waals surface area contributed by atoms with E-state index >= 15 is 0 Å². The van der Waals surface area contributed by atoms with Gasteiger partial charge in [0, 0.05) is 61.8 Å². The first-order chi connectivity index (χ1) is 14.3. The van der Waals surface area contributed by atoms with E-state index in [1.807, 2.05) is 86.6 Å². The fourth-order valence-electron chi connectivity index (χ4n) is 2.88. The van der Waals surface area contributed by atoms with Gasteiger partial charge in [0.1, 0.15) is 6.10 Å². The standard InChI is InChI=1S/C25H32Cl2N2O/c1-6-7-16-30-25(22-15-14-21(29(4)5)18-24(22)27)11-9-8-10-19-12-13-20(28(2)3)17-23(19)26/h8-15,17-18,25H,6-7,16H2,1-5H3. The predicted octanol–water partition coefficient (Wildman–Crippen LogP) is 7.25. The minimum Gasteiger partial charge on any atom is -0.378 e. The number of benzene rings is 2. The summed E-state index contributed by atoms with van der Waals surface area (Å²) in [6.07, 6.45) is 9.91. The van der Waals surface area contributed by atoms with Crippen LogP contribution in [0.25, 0.3) is 6.08 Å². The van der Waals surface area contributed by atoms with E-state index < -0.39 is 0 Å². The van der Waals surface area contributed by atoms with Crippen LogP contribution in [0.1, 0.15) is 37.0 Å². The van der Waals surface area contributed by atoms with Gasteiger partial charge in [0.2, 0.25) is 0 Å². The van der Waals surface area contributed by atoms with Crippen molar-refractivity contribution in [2.45, 2.75) is 25.9 Å². The van der Waals surface area contributed by atoms with E-state index in [0.717, 1.165) is 40.4 Å². The fraction of sp³-hybridized carbons (Fsp3) is 0.360. The number of halogens is 2. The van der Waals surface area contributed by atoms with Gasteiger partial charge in [0.05, 0.1) is 0 Å². The Hall–Kier alpha value is -1.94. The zero-order valence-corrected chi connectivity index (χ0v) is 20.0. The first kappa shape index (κ1) is 24.3. The molecule has 0 radical (unpaired) electrons. The molecule has 162 valence electrons. The molecule has 0 aliphatic rings. The van der Waals surface area contributed by atoms with E-state index in [4.69, 9.17) is 27.9 Å². The maximum Gasteiger partial charge on any atom is 0.102 e. The Bertz CT molecular complexity index is 875. The van der Waals surface area contributed by atoms with Crippen LogP contribution in [-0.2, 0) is 4.74 Å². The summed E-state index contributed by atoms with van der Waals surface area (Å²) in [6.45, 7) is 2.85. The molecule has 0 aromatic heterocycles. The molecule has 0 amide bonds. The van der Waals surface area contributed by atoms with Crippen molar-refractivity contribution in [1.29, 1.82) is 0 Å².